The number of halogens is 1. The van der Waals surface area contributed by atoms with Gasteiger partial charge in [0.25, 0.3) is 0 Å². The van der Waals surface area contributed by atoms with Crippen molar-refractivity contribution < 1.29 is 23.9 Å². The van der Waals surface area contributed by atoms with E-state index in [1.54, 1.807) is 31.2 Å². The molecule has 3 atom stereocenters. The number of aromatic hydroxyl groups is 1. The zero-order valence-electron chi connectivity index (χ0n) is 23.0. The van der Waals surface area contributed by atoms with Gasteiger partial charge in [-0.25, -0.2) is 4.39 Å². The quantitative estimate of drug-likeness (QED) is 0.288. The van der Waals surface area contributed by atoms with Gasteiger partial charge in [0.05, 0.1) is 12.5 Å². The molecule has 2 saturated heterocycles. The molecule has 0 unspecified atom stereocenters. The number of hydrogen-bond acceptors (Lipinski definition) is 7. The lowest BCUT2D eigenvalue weighted by Gasteiger charge is -2.45. The number of hydrogen-bond donors (Lipinski definition) is 2. The summed E-state index contributed by atoms with van der Waals surface area (Å²) >= 11 is 0. The van der Waals surface area contributed by atoms with Crippen molar-refractivity contribution in [2.24, 2.45) is 11.8 Å². The minimum Gasteiger partial charge on any atom is -0.508 e. The molecule has 9 heteroatoms. The van der Waals surface area contributed by atoms with E-state index >= 15 is 0 Å². The Labute approximate surface area is 229 Å². The SMILES string of the molecule is Cc1c(F)cccc1[C@@H]1[C@@H](C(=O)c2cccc(O)c2)CN(CCCCN(C)C)C[C@H]1C(=O)N1CCNCC1=O. The average molecular weight is 539 g/mol. The van der Waals surface area contributed by atoms with Crippen molar-refractivity contribution in [3.63, 3.8) is 0 Å². The number of carbonyl (C=O) groups excluding carboxylic acids is 3. The van der Waals surface area contributed by atoms with Crippen molar-refractivity contribution in [1.82, 2.24) is 20.0 Å². The van der Waals surface area contributed by atoms with Gasteiger partial charge in [0.15, 0.2) is 5.78 Å². The molecule has 210 valence electrons. The normalized spacial score (nSPS) is 22.3. The second-order valence-electron chi connectivity index (χ2n) is 10.9. The van der Waals surface area contributed by atoms with Crippen LogP contribution in [0.3, 0.4) is 0 Å². The molecule has 2 amide bonds. The fourth-order valence-corrected chi connectivity index (χ4v) is 5.89. The van der Waals surface area contributed by atoms with E-state index in [9.17, 15) is 23.9 Å². The van der Waals surface area contributed by atoms with Crippen LogP contribution in [0.5, 0.6) is 5.75 Å². The van der Waals surface area contributed by atoms with Crippen LogP contribution in [0.1, 0.15) is 40.2 Å². The summed E-state index contributed by atoms with van der Waals surface area (Å²) in [7, 11) is 4.05. The van der Waals surface area contributed by atoms with Gasteiger partial charge in [-0.15, -0.1) is 0 Å². The third kappa shape index (κ3) is 6.72. The number of phenolic OH excluding ortho intramolecular Hbond substituents is 1. The van der Waals surface area contributed by atoms with E-state index in [1.807, 2.05) is 14.1 Å². The first-order valence-electron chi connectivity index (χ1n) is 13.7. The third-order valence-electron chi connectivity index (χ3n) is 7.92. The molecule has 2 N–H and O–H groups in total. The number of benzene rings is 2. The molecule has 2 aromatic rings. The lowest BCUT2D eigenvalue weighted by Crippen LogP contribution is -2.58. The predicted octanol–water partition coefficient (Wildman–Crippen LogP) is 2.65. The van der Waals surface area contributed by atoms with Crippen LogP contribution in [0.25, 0.3) is 0 Å². The standard InChI is InChI=1S/C30H39FN4O4/c1-20-23(10-7-11-26(20)31)28-24(29(38)21-8-6-9-22(36)16-21)18-34(14-5-4-13-33(2)3)19-25(28)30(39)35-15-12-32-17-27(35)37/h6-11,16,24-25,28,32,36H,4-5,12-15,17-19H2,1-3H3/t24-,25+,28+/m0/s1. The number of phenols is 1. The Balaban J connectivity index is 1.76. The summed E-state index contributed by atoms with van der Waals surface area (Å²) in [6, 6.07) is 11.0. The highest BCUT2D eigenvalue weighted by atomic mass is 19.1. The Morgan fingerprint density at radius 3 is 2.56 bits per heavy atom. The number of nitrogens with zero attached hydrogens (tertiary/aromatic N) is 3. The van der Waals surface area contributed by atoms with Gasteiger partial charge in [-0.2, -0.15) is 0 Å². The van der Waals surface area contributed by atoms with Gasteiger partial charge >= 0.3 is 0 Å². The van der Waals surface area contributed by atoms with Crippen molar-refractivity contribution in [1.29, 1.82) is 0 Å². The molecule has 2 heterocycles. The predicted molar refractivity (Wildman–Crippen MR) is 147 cm³/mol. The largest absolute Gasteiger partial charge is 0.508 e. The summed E-state index contributed by atoms with van der Waals surface area (Å²) < 4.78 is 14.8. The minimum atomic E-state index is -0.707. The van der Waals surface area contributed by atoms with Gasteiger partial charge in [-0.05, 0) is 76.3 Å². The average Bonchev–Trinajstić information content (AvgIpc) is 2.91. The first kappa shape index (κ1) is 28.9. The highest BCUT2D eigenvalue weighted by Gasteiger charge is 2.47. The fourth-order valence-electron chi connectivity index (χ4n) is 5.89. The van der Waals surface area contributed by atoms with Gasteiger partial charge in [0, 0.05) is 43.6 Å². The van der Waals surface area contributed by atoms with Crippen LogP contribution in [0.2, 0.25) is 0 Å². The number of piperidine rings is 1. The molecule has 0 bridgehead atoms. The summed E-state index contributed by atoms with van der Waals surface area (Å²) in [4.78, 5) is 46.4. The lowest BCUT2D eigenvalue weighted by atomic mass is 9.69. The Hall–Kier alpha value is -3.14. The number of likely N-dealkylation sites (tertiary alicyclic amines) is 1. The molecule has 39 heavy (non-hydrogen) atoms. The van der Waals surface area contributed by atoms with Crippen molar-refractivity contribution in [2.75, 3.05) is 59.9 Å². The van der Waals surface area contributed by atoms with E-state index in [0.717, 1.165) is 19.4 Å². The van der Waals surface area contributed by atoms with Gasteiger partial charge in [0.2, 0.25) is 11.8 Å². The highest BCUT2D eigenvalue weighted by molar-refractivity contribution is 6.01. The molecule has 0 aromatic heterocycles. The summed E-state index contributed by atoms with van der Waals surface area (Å²) in [5, 5.41) is 13.1. The van der Waals surface area contributed by atoms with Gasteiger partial charge in [-0.1, -0.05) is 24.3 Å². The summed E-state index contributed by atoms with van der Waals surface area (Å²) in [5.41, 5.74) is 1.36. The lowest BCUT2D eigenvalue weighted by molar-refractivity contribution is -0.150. The molecule has 4 rings (SSSR count). The number of nitrogens with one attached hydrogen (secondary N) is 1. The van der Waals surface area contributed by atoms with Crippen LogP contribution in [0.4, 0.5) is 4.39 Å². The van der Waals surface area contributed by atoms with Gasteiger partial charge in [0.1, 0.15) is 11.6 Å². The van der Waals surface area contributed by atoms with Crippen LogP contribution < -0.4 is 5.32 Å². The Kier molecular flexibility index (Phi) is 9.48. The van der Waals surface area contributed by atoms with Crippen molar-refractivity contribution in [3.8, 4) is 5.75 Å². The van der Waals surface area contributed by atoms with Crippen molar-refractivity contribution in [2.45, 2.75) is 25.7 Å². The van der Waals surface area contributed by atoms with Crippen LogP contribution in [0, 0.1) is 24.6 Å². The number of imide groups is 1. The van der Waals surface area contributed by atoms with E-state index in [1.165, 1.54) is 23.1 Å². The second kappa shape index (κ2) is 12.8. The van der Waals surface area contributed by atoms with Crippen LogP contribution in [-0.4, -0.2) is 97.3 Å². The monoisotopic (exact) mass is 538 g/mol. The van der Waals surface area contributed by atoms with Crippen LogP contribution in [-0.2, 0) is 9.59 Å². The van der Waals surface area contributed by atoms with Crippen molar-refractivity contribution in [3.05, 3.63) is 65.0 Å². The maximum absolute atomic E-state index is 14.8. The smallest absolute Gasteiger partial charge is 0.243 e. The topological polar surface area (TPSA) is 93.2 Å². The van der Waals surface area contributed by atoms with E-state index in [2.05, 4.69) is 15.1 Å². The maximum atomic E-state index is 14.8. The summed E-state index contributed by atoms with van der Waals surface area (Å²) in [6.45, 7) is 4.94. The number of carbonyl (C=O) groups is 3. The molecule has 0 aliphatic carbocycles. The minimum absolute atomic E-state index is 0.0188. The molecule has 2 aliphatic rings. The summed E-state index contributed by atoms with van der Waals surface area (Å²) in [5.74, 6) is -3.22. The molecule has 2 aromatic carbocycles. The Morgan fingerprint density at radius 2 is 1.85 bits per heavy atom. The first-order valence-corrected chi connectivity index (χ1v) is 13.7. The number of unbranched alkanes of at least 4 members (excludes halogenated alkanes) is 1. The molecule has 2 aliphatic heterocycles. The fraction of sp³-hybridized carbons (Fsp3) is 0.500. The zero-order chi connectivity index (χ0) is 28.1. The molecule has 8 nitrogen and oxygen atoms in total. The van der Waals surface area contributed by atoms with Gasteiger partial charge < -0.3 is 20.2 Å². The number of amides is 2. The number of Topliss-reactive ketones (excluding diaryl/α,β-unsaturated/α-hetero) is 1. The number of piperazine rings is 1. The van der Waals surface area contributed by atoms with Crippen molar-refractivity contribution >= 4 is 17.6 Å². The Morgan fingerprint density at radius 1 is 1.10 bits per heavy atom. The number of rotatable bonds is 9. The molecule has 0 spiro atoms. The van der Waals surface area contributed by atoms with Crippen LogP contribution >= 0.6 is 0 Å². The Bertz CT molecular complexity index is 1200. The van der Waals surface area contributed by atoms with E-state index < -0.39 is 23.6 Å². The second-order valence-corrected chi connectivity index (χ2v) is 10.9. The molecular formula is C30H39FN4O4. The first-order chi connectivity index (χ1) is 18.7. The number of ketones is 1. The third-order valence-corrected chi connectivity index (χ3v) is 7.92. The van der Waals surface area contributed by atoms with Gasteiger partial charge in [-0.3, -0.25) is 19.3 Å². The van der Waals surface area contributed by atoms with Crippen LogP contribution in [0.15, 0.2) is 42.5 Å². The molecular weight excluding hydrogens is 499 g/mol. The molecule has 0 radical (unpaired) electrons. The highest BCUT2D eigenvalue weighted by Crippen LogP contribution is 2.42. The van der Waals surface area contributed by atoms with E-state index in [-0.39, 0.29) is 36.4 Å². The van der Waals surface area contributed by atoms with E-state index in [4.69, 9.17) is 0 Å². The molecule has 2 fully saturated rings. The van der Waals surface area contributed by atoms with E-state index in [0.29, 0.717) is 42.9 Å². The maximum Gasteiger partial charge on any atom is 0.243 e. The zero-order valence-corrected chi connectivity index (χ0v) is 23.0. The summed E-state index contributed by atoms with van der Waals surface area (Å²) in [6.07, 6.45) is 1.86. The molecule has 0 saturated carbocycles.